The van der Waals surface area contributed by atoms with Crippen LogP contribution in [-0.4, -0.2) is 35.1 Å². The van der Waals surface area contributed by atoms with Gasteiger partial charge in [0.2, 0.25) is 0 Å². The Morgan fingerprint density at radius 2 is 2.15 bits per heavy atom. The summed E-state index contributed by atoms with van der Waals surface area (Å²) in [5, 5.41) is 11.9. The lowest BCUT2D eigenvalue weighted by Crippen LogP contribution is -2.36. The van der Waals surface area contributed by atoms with E-state index in [4.69, 9.17) is 0 Å². The van der Waals surface area contributed by atoms with Gasteiger partial charge in [0.25, 0.3) is 0 Å². The second kappa shape index (κ2) is 7.33. The van der Waals surface area contributed by atoms with Crippen LogP contribution >= 0.6 is 0 Å². The summed E-state index contributed by atoms with van der Waals surface area (Å²) in [6, 6.07) is 4.69. The fourth-order valence-corrected chi connectivity index (χ4v) is 1.95. The molecule has 0 fully saturated rings. The average molecular weight is 276 g/mol. The number of hydrogen-bond donors (Lipinski definition) is 2. The lowest BCUT2D eigenvalue weighted by molar-refractivity contribution is 0.0697. The van der Waals surface area contributed by atoms with Gasteiger partial charge in [0.05, 0.1) is 11.3 Å². The Labute approximate surface area is 118 Å². The minimum absolute atomic E-state index is 0.121. The molecule has 0 radical (unpaired) electrons. The summed E-state index contributed by atoms with van der Waals surface area (Å²) in [4.78, 5) is 25.0. The molecule has 0 aliphatic rings. The largest absolute Gasteiger partial charge is 0.478 e. The molecule has 1 aromatic carbocycles. The molecule has 1 rings (SSSR count). The predicted molar refractivity (Wildman–Crippen MR) is 79.2 cm³/mol. The third-order valence-electron chi connectivity index (χ3n) is 2.86. The van der Waals surface area contributed by atoms with Gasteiger partial charge in [-0.2, -0.15) is 0 Å². The van der Waals surface area contributed by atoms with Gasteiger partial charge >= 0.3 is 12.0 Å². The first-order valence-electron chi connectivity index (χ1n) is 6.51. The van der Waals surface area contributed by atoms with Crippen molar-refractivity contribution in [1.29, 1.82) is 0 Å². The number of anilines is 1. The van der Waals surface area contributed by atoms with Crippen molar-refractivity contribution in [3.8, 4) is 0 Å². The second-order valence-corrected chi connectivity index (χ2v) is 4.47. The van der Waals surface area contributed by atoms with E-state index in [9.17, 15) is 14.7 Å². The number of nitrogens with one attached hydrogen (secondary N) is 1. The molecule has 20 heavy (non-hydrogen) atoms. The molecule has 1 aromatic rings. The monoisotopic (exact) mass is 276 g/mol. The van der Waals surface area contributed by atoms with Crippen molar-refractivity contribution in [2.24, 2.45) is 0 Å². The lowest BCUT2D eigenvalue weighted by atomic mass is 10.1. The van der Waals surface area contributed by atoms with Gasteiger partial charge in [-0.1, -0.05) is 25.1 Å². The van der Waals surface area contributed by atoms with Crippen LogP contribution in [0.2, 0.25) is 0 Å². The van der Waals surface area contributed by atoms with Crippen LogP contribution in [0.5, 0.6) is 0 Å². The molecule has 108 valence electrons. The van der Waals surface area contributed by atoms with Crippen LogP contribution in [0, 0.1) is 6.92 Å². The lowest BCUT2D eigenvalue weighted by Gasteiger charge is -2.21. The van der Waals surface area contributed by atoms with Crippen LogP contribution in [0.15, 0.2) is 30.9 Å². The van der Waals surface area contributed by atoms with E-state index in [1.807, 2.05) is 6.92 Å². The van der Waals surface area contributed by atoms with Crippen LogP contribution in [-0.2, 0) is 0 Å². The molecule has 0 aromatic heterocycles. The maximum absolute atomic E-state index is 12.2. The SMILES string of the molecule is C=CCN(CCC)C(=O)Nc1cccc(C)c1C(=O)O. The van der Waals surface area contributed by atoms with Crippen molar-refractivity contribution in [3.05, 3.63) is 42.0 Å². The summed E-state index contributed by atoms with van der Waals surface area (Å²) >= 11 is 0. The number of hydrogen-bond acceptors (Lipinski definition) is 2. The van der Waals surface area contributed by atoms with E-state index in [-0.39, 0.29) is 11.6 Å². The molecule has 0 aliphatic carbocycles. The zero-order valence-electron chi connectivity index (χ0n) is 11.8. The summed E-state index contributed by atoms with van der Waals surface area (Å²) in [7, 11) is 0. The van der Waals surface area contributed by atoms with Crippen LogP contribution in [0.4, 0.5) is 10.5 Å². The second-order valence-electron chi connectivity index (χ2n) is 4.47. The van der Waals surface area contributed by atoms with E-state index >= 15 is 0 Å². The summed E-state index contributed by atoms with van der Waals surface area (Å²) < 4.78 is 0. The molecule has 0 unspecified atom stereocenters. The summed E-state index contributed by atoms with van der Waals surface area (Å²) in [5.74, 6) is -1.05. The van der Waals surface area contributed by atoms with E-state index in [1.165, 1.54) is 0 Å². The molecule has 0 saturated carbocycles. The standard InChI is InChI=1S/C15H20N2O3/c1-4-9-17(10-5-2)15(20)16-12-8-6-7-11(3)13(12)14(18)19/h4,6-8H,1,5,9-10H2,2-3H3,(H,16,20)(H,18,19). The first-order valence-corrected chi connectivity index (χ1v) is 6.51. The first kappa shape index (κ1) is 15.8. The molecular weight excluding hydrogens is 256 g/mol. The van der Waals surface area contributed by atoms with Gasteiger partial charge in [-0.3, -0.25) is 0 Å². The number of amides is 2. The number of urea groups is 1. The number of carbonyl (C=O) groups is 2. The van der Waals surface area contributed by atoms with Gasteiger partial charge < -0.3 is 15.3 Å². The molecule has 0 atom stereocenters. The molecule has 0 spiro atoms. The van der Waals surface area contributed by atoms with Gasteiger partial charge in [0.15, 0.2) is 0 Å². The number of carboxylic acid groups (broad SMARTS) is 1. The molecule has 2 amide bonds. The number of aromatic carboxylic acids is 1. The Morgan fingerprint density at radius 1 is 1.45 bits per heavy atom. The number of carboxylic acids is 1. The van der Waals surface area contributed by atoms with Gasteiger partial charge in [-0.25, -0.2) is 9.59 Å². The van der Waals surface area contributed by atoms with Gasteiger partial charge in [-0.15, -0.1) is 6.58 Å². The number of benzene rings is 1. The number of rotatable bonds is 6. The molecule has 0 saturated heterocycles. The third kappa shape index (κ3) is 3.85. The minimum Gasteiger partial charge on any atom is -0.478 e. The molecule has 0 heterocycles. The van der Waals surface area contributed by atoms with E-state index in [0.29, 0.717) is 24.3 Å². The zero-order valence-corrected chi connectivity index (χ0v) is 11.8. The average Bonchev–Trinajstić information content (AvgIpc) is 2.38. The Bertz CT molecular complexity index is 512. The van der Waals surface area contributed by atoms with Crippen molar-refractivity contribution in [2.45, 2.75) is 20.3 Å². The van der Waals surface area contributed by atoms with Crippen molar-refractivity contribution >= 4 is 17.7 Å². The first-order chi connectivity index (χ1) is 9.51. The molecule has 5 nitrogen and oxygen atoms in total. The van der Waals surface area contributed by atoms with Crippen molar-refractivity contribution in [1.82, 2.24) is 4.90 Å². The highest BCUT2D eigenvalue weighted by atomic mass is 16.4. The van der Waals surface area contributed by atoms with Crippen LogP contribution in [0.3, 0.4) is 0 Å². The van der Waals surface area contributed by atoms with Gasteiger partial charge in [0, 0.05) is 13.1 Å². The topological polar surface area (TPSA) is 69.6 Å². The van der Waals surface area contributed by atoms with Gasteiger partial charge in [-0.05, 0) is 25.0 Å². The highest BCUT2D eigenvalue weighted by Crippen LogP contribution is 2.20. The van der Waals surface area contributed by atoms with E-state index in [2.05, 4.69) is 11.9 Å². The van der Waals surface area contributed by atoms with Crippen molar-refractivity contribution in [2.75, 3.05) is 18.4 Å². The van der Waals surface area contributed by atoms with Gasteiger partial charge in [0.1, 0.15) is 0 Å². The highest BCUT2D eigenvalue weighted by molar-refractivity contribution is 6.01. The Balaban J connectivity index is 2.97. The maximum atomic E-state index is 12.2. The fourth-order valence-electron chi connectivity index (χ4n) is 1.95. The van der Waals surface area contributed by atoms with E-state index in [1.54, 1.807) is 36.1 Å². The maximum Gasteiger partial charge on any atom is 0.338 e. The molecule has 2 N–H and O–H groups in total. The third-order valence-corrected chi connectivity index (χ3v) is 2.86. The van der Waals surface area contributed by atoms with Crippen LogP contribution in [0.1, 0.15) is 29.3 Å². The predicted octanol–water partition coefficient (Wildman–Crippen LogP) is 3.12. The minimum atomic E-state index is -1.05. The molecule has 0 aliphatic heterocycles. The summed E-state index contributed by atoms with van der Waals surface area (Å²) in [6.07, 6.45) is 2.46. The zero-order chi connectivity index (χ0) is 15.1. The Kier molecular flexibility index (Phi) is 5.77. The van der Waals surface area contributed by atoms with E-state index in [0.717, 1.165) is 6.42 Å². The van der Waals surface area contributed by atoms with Crippen molar-refractivity contribution < 1.29 is 14.7 Å². The van der Waals surface area contributed by atoms with Crippen LogP contribution in [0.25, 0.3) is 0 Å². The molecule has 5 heteroatoms. The number of carbonyl (C=O) groups excluding carboxylic acids is 1. The Morgan fingerprint density at radius 3 is 2.70 bits per heavy atom. The smallest absolute Gasteiger partial charge is 0.338 e. The summed E-state index contributed by atoms with van der Waals surface area (Å²) in [5.41, 5.74) is 1.05. The Hall–Kier alpha value is -2.30. The quantitative estimate of drug-likeness (QED) is 0.784. The summed E-state index contributed by atoms with van der Waals surface area (Å²) in [6.45, 7) is 8.30. The number of aryl methyl sites for hydroxylation is 1. The van der Waals surface area contributed by atoms with E-state index < -0.39 is 5.97 Å². The number of nitrogens with zero attached hydrogens (tertiary/aromatic N) is 1. The van der Waals surface area contributed by atoms with Crippen molar-refractivity contribution in [3.63, 3.8) is 0 Å². The molecule has 0 bridgehead atoms. The fraction of sp³-hybridized carbons (Fsp3) is 0.333. The normalized spacial score (nSPS) is 9.90. The van der Waals surface area contributed by atoms with Crippen LogP contribution < -0.4 is 5.32 Å². The highest BCUT2D eigenvalue weighted by Gasteiger charge is 2.17. The molecular formula is C15H20N2O3.